The van der Waals surface area contributed by atoms with Gasteiger partial charge in [-0.05, 0) is 35.9 Å². The van der Waals surface area contributed by atoms with Crippen LogP contribution in [-0.4, -0.2) is 25.7 Å². The second-order valence-electron chi connectivity index (χ2n) is 6.22. The molecule has 5 nitrogen and oxygen atoms in total. The lowest BCUT2D eigenvalue weighted by Gasteiger charge is -2.27. The predicted molar refractivity (Wildman–Crippen MR) is 101 cm³/mol. The number of carbonyl (C=O) groups is 1. The molecule has 0 bridgehead atoms. The van der Waals surface area contributed by atoms with E-state index in [0.717, 1.165) is 27.8 Å². The molecular formula is C19H17BrClNO4. The number of ether oxygens (including phenoxy) is 3. The number of hydrogen-bond acceptors (Lipinski definition) is 4. The third kappa shape index (κ3) is 3.62. The Kier molecular flexibility index (Phi) is 4.96. The Balaban J connectivity index is 1.49. The van der Waals surface area contributed by atoms with E-state index in [2.05, 4.69) is 21.2 Å². The highest BCUT2D eigenvalue weighted by Gasteiger charge is 2.24. The van der Waals surface area contributed by atoms with Crippen LogP contribution in [0.15, 0.2) is 34.8 Å². The molecule has 2 heterocycles. The van der Waals surface area contributed by atoms with Gasteiger partial charge in [0.1, 0.15) is 19.0 Å². The van der Waals surface area contributed by atoms with E-state index in [1.165, 1.54) is 0 Å². The minimum absolute atomic E-state index is 0.0727. The van der Waals surface area contributed by atoms with E-state index in [1.807, 2.05) is 24.3 Å². The number of halogens is 2. The van der Waals surface area contributed by atoms with Gasteiger partial charge in [0.2, 0.25) is 5.91 Å². The van der Waals surface area contributed by atoms with Crippen LogP contribution in [0, 0.1) is 0 Å². The highest BCUT2D eigenvalue weighted by Crippen LogP contribution is 2.38. The molecule has 7 heteroatoms. The van der Waals surface area contributed by atoms with E-state index in [-0.39, 0.29) is 18.4 Å². The van der Waals surface area contributed by atoms with Gasteiger partial charge >= 0.3 is 0 Å². The molecule has 0 aliphatic carbocycles. The van der Waals surface area contributed by atoms with Crippen LogP contribution in [0.2, 0.25) is 5.02 Å². The number of amides is 1. The van der Waals surface area contributed by atoms with Crippen molar-refractivity contribution in [1.29, 1.82) is 0 Å². The fourth-order valence-electron chi connectivity index (χ4n) is 3.21. The van der Waals surface area contributed by atoms with Gasteiger partial charge in [0, 0.05) is 16.5 Å². The maximum atomic E-state index is 12.6. The van der Waals surface area contributed by atoms with Crippen LogP contribution in [-0.2, 0) is 11.2 Å². The van der Waals surface area contributed by atoms with Crippen LogP contribution in [0.1, 0.15) is 23.6 Å². The molecule has 0 saturated carbocycles. The highest BCUT2D eigenvalue weighted by molar-refractivity contribution is 9.10. The van der Waals surface area contributed by atoms with E-state index in [0.29, 0.717) is 36.3 Å². The number of carbonyl (C=O) groups excluding carboxylic acids is 1. The van der Waals surface area contributed by atoms with Crippen molar-refractivity contribution in [3.05, 3.63) is 51.0 Å². The molecule has 26 heavy (non-hydrogen) atoms. The summed E-state index contributed by atoms with van der Waals surface area (Å²) in [5.41, 5.74) is 1.78. The summed E-state index contributed by atoms with van der Waals surface area (Å²) < 4.78 is 17.7. The molecule has 1 N–H and O–H groups in total. The van der Waals surface area contributed by atoms with Crippen molar-refractivity contribution < 1.29 is 19.0 Å². The monoisotopic (exact) mass is 437 g/mol. The molecule has 4 rings (SSSR count). The second-order valence-corrected chi connectivity index (χ2v) is 7.54. The standard InChI is InChI=1S/C19H17BrClNO4/c20-12-1-2-16-13(10-12)15(3-4-24-16)22-18(23)9-11-7-14(21)19-17(8-11)25-5-6-26-19/h1-2,7-8,10,15H,3-6,9H2,(H,22,23). The quantitative estimate of drug-likeness (QED) is 0.785. The first kappa shape index (κ1) is 17.5. The van der Waals surface area contributed by atoms with Gasteiger partial charge in [-0.3, -0.25) is 4.79 Å². The van der Waals surface area contributed by atoms with Crippen molar-refractivity contribution in [2.45, 2.75) is 18.9 Å². The van der Waals surface area contributed by atoms with Gasteiger partial charge in [0.05, 0.1) is 24.1 Å². The second kappa shape index (κ2) is 7.37. The number of fused-ring (bicyclic) bond motifs is 2. The first-order chi connectivity index (χ1) is 12.6. The van der Waals surface area contributed by atoms with Crippen molar-refractivity contribution >= 4 is 33.4 Å². The number of hydrogen-bond donors (Lipinski definition) is 1. The third-order valence-corrected chi connectivity index (χ3v) is 5.14. The first-order valence-corrected chi connectivity index (χ1v) is 9.57. The molecule has 1 atom stereocenters. The zero-order valence-corrected chi connectivity index (χ0v) is 16.2. The molecule has 0 aromatic heterocycles. The Morgan fingerprint density at radius 1 is 1.12 bits per heavy atom. The summed E-state index contributed by atoms with van der Waals surface area (Å²) in [7, 11) is 0. The van der Waals surface area contributed by atoms with Crippen LogP contribution in [0.25, 0.3) is 0 Å². The minimum atomic E-state index is -0.0735. The van der Waals surface area contributed by atoms with E-state index in [1.54, 1.807) is 6.07 Å². The lowest BCUT2D eigenvalue weighted by atomic mass is 10.00. The van der Waals surface area contributed by atoms with Crippen molar-refractivity contribution in [2.24, 2.45) is 0 Å². The molecule has 2 aromatic carbocycles. The number of rotatable bonds is 3. The lowest BCUT2D eigenvalue weighted by Crippen LogP contribution is -2.33. The Labute approximate surface area is 164 Å². The van der Waals surface area contributed by atoms with Crippen LogP contribution in [0.4, 0.5) is 0 Å². The summed E-state index contributed by atoms with van der Waals surface area (Å²) in [4.78, 5) is 12.6. The molecule has 0 spiro atoms. The van der Waals surface area contributed by atoms with Crippen molar-refractivity contribution in [2.75, 3.05) is 19.8 Å². The molecular weight excluding hydrogens is 422 g/mol. The van der Waals surface area contributed by atoms with E-state index in [4.69, 9.17) is 25.8 Å². The zero-order valence-electron chi connectivity index (χ0n) is 13.9. The molecule has 136 valence electrons. The molecule has 2 aliphatic heterocycles. The predicted octanol–water partition coefficient (Wildman–Crippen LogP) is 4.06. The molecule has 0 radical (unpaired) electrons. The van der Waals surface area contributed by atoms with E-state index < -0.39 is 0 Å². The Morgan fingerprint density at radius 3 is 2.81 bits per heavy atom. The number of benzene rings is 2. The molecule has 1 unspecified atom stereocenters. The molecule has 0 fully saturated rings. The lowest BCUT2D eigenvalue weighted by molar-refractivity contribution is -0.121. The fraction of sp³-hybridized carbons (Fsp3) is 0.316. The molecule has 2 aliphatic rings. The zero-order chi connectivity index (χ0) is 18.1. The van der Waals surface area contributed by atoms with Gasteiger partial charge in [-0.2, -0.15) is 0 Å². The maximum Gasteiger partial charge on any atom is 0.224 e. The van der Waals surface area contributed by atoms with Crippen LogP contribution < -0.4 is 19.5 Å². The van der Waals surface area contributed by atoms with Crippen LogP contribution >= 0.6 is 27.5 Å². The normalized spacial score (nSPS) is 17.8. The largest absolute Gasteiger partial charge is 0.493 e. The first-order valence-electron chi connectivity index (χ1n) is 8.40. The van der Waals surface area contributed by atoms with Gasteiger partial charge in [0.25, 0.3) is 0 Å². The summed E-state index contributed by atoms with van der Waals surface area (Å²) in [6.07, 6.45) is 0.953. The molecule has 1 amide bonds. The summed E-state index contributed by atoms with van der Waals surface area (Å²) >= 11 is 9.72. The SMILES string of the molecule is O=C(Cc1cc(Cl)c2c(c1)OCCO2)NC1CCOc2ccc(Br)cc21. The average molecular weight is 439 g/mol. The minimum Gasteiger partial charge on any atom is -0.493 e. The maximum absolute atomic E-state index is 12.6. The van der Waals surface area contributed by atoms with Gasteiger partial charge in [-0.1, -0.05) is 27.5 Å². The van der Waals surface area contributed by atoms with Gasteiger partial charge in [-0.15, -0.1) is 0 Å². The summed E-state index contributed by atoms with van der Waals surface area (Å²) in [5.74, 6) is 1.87. The van der Waals surface area contributed by atoms with Crippen LogP contribution in [0.5, 0.6) is 17.2 Å². The Morgan fingerprint density at radius 2 is 1.92 bits per heavy atom. The summed E-state index contributed by atoms with van der Waals surface area (Å²) in [5, 5.41) is 3.56. The average Bonchev–Trinajstić information content (AvgIpc) is 2.62. The molecule has 0 saturated heterocycles. The summed E-state index contributed by atoms with van der Waals surface area (Å²) in [6.45, 7) is 1.54. The Bertz CT molecular complexity index is 858. The third-order valence-electron chi connectivity index (χ3n) is 4.37. The van der Waals surface area contributed by atoms with Crippen molar-refractivity contribution in [3.8, 4) is 17.2 Å². The van der Waals surface area contributed by atoms with E-state index in [9.17, 15) is 4.79 Å². The smallest absolute Gasteiger partial charge is 0.224 e. The topological polar surface area (TPSA) is 56.8 Å². The Hall–Kier alpha value is -1.92. The molecule has 2 aromatic rings. The van der Waals surface area contributed by atoms with E-state index >= 15 is 0 Å². The number of nitrogens with one attached hydrogen (secondary N) is 1. The van der Waals surface area contributed by atoms with Crippen molar-refractivity contribution in [3.63, 3.8) is 0 Å². The van der Waals surface area contributed by atoms with Gasteiger partial charge < -0.3 is 19.5 Å². The highest BCUT2D eigenvalue weighted by atomic mass is 79.9. The van der Waals surface area contributed by atoms with Crippen LogP contribution in [0.3, 0.4) is 0 Å². The summed E-state index contributed by atoms with van der Waals surface area (Å²) in [6, 6.07) is 9.33. The van der Waals surface area contributed by atoms with Gasteiger partial charge in [-0.25, -0.2) is 0 Å². The van der Waals surface area contributed by atoms with Gasteiger partial charge in [0.15, 0.2) is 11.5 Å². The fourth-order valence-corrected chi connectivity index (χ4v) is 3.88. The van der Waals surface area contributed by atoms with Crippen molar-refractivity contribution in [1.82, 2.24) is 5.32 Å².